The van der Waals surface area contributed by atoms with Crippen molar-refractivity contribution in [3.05, 3.63) is 90.1 Å². The number of benzene rings is 2. The number of H-pyrrole nitrogens is 1. The lowest BCUT2D eigenvalue weighted by molar-refractivity contribution is 0.787. The van der Waals surface area contributed by atoms with Crippen molar-refractivity contribution in [1.29, 1.82) is 0 Å². The molecule has 0 spiro atoms. The maximum Gasteiger partial charge on any atom is 0.106 e. The first-order valence-electron chi connectivity index (χ1n) is 6.88. The lowest BCUT2D eigenvalue weighted by Crippen LogP contribution is -2.22. The number of rotatable bonds is 5. The average Bonchev–Trinajstić information content (AvgIpc) is 3.03. The largest absolute Gasteiger partial charge is 0.350 e. The second kappa shape index (κ2) is 6.11. The molecule has 0 fully saturated rings. The Bertz CT molecular complexity index is 574. The van der Waals surface area contributed by atoms with Crippen LogP contribution in [0.2, 0.25) is 0 Å². The highest BCUT2D eigenvalue weighted by Gasteiger charge is 2.08. The summed E-state index contributed by atoms with van der Waals surface area (Å²) in [6, 6.07) is 25.3. The van der Waals surface area contributed by atoms with Crippen LogP contribution in [0.4, 0.5) is 5.82 Å². The third-order valence-corrected chi connectivity index (χ3v) is 3.35. The highest BCUT2D eigenvalue weighted by molar-refractivity contribution is 5.41. The summed E-state index contributed by atoms with van der Waals surface area (Å²) in [5, 5.41) is 0. The monoisotopic (exact) mass is 262 g/mol. The maximum atomic E-state index is 3.30. The van der Waals surface area contributed by atoms with E-state index in [4.69, 9.17) is 0 Å². The van der Waals surface area contributed by atoms with Gasteiger partial charge in [-0.2, -0.15) is 0 Å². The standard InChI is InChI=1S/C18H18N2/c1-3-8-16(9-4-1)14-20(18-12-7-13-19-18)15-17-10-5-2-6-11-17/h1-13,19H,14-15H2. The van der Waals surface area contributed by atoms with E-state index in [0.717, 1.165) is 18.9 Å². The molecule has 0 aliphatic rings. The van der Waals surface area contributed by atoms with Gasteiger partial charge in [0.1, 0.15) is 5.82 Å². The summed E-state index contributed by atoms with van der Waals surface area (Å²) in [6.07, 6.45) is 1.97. The van der Waals surface area contributed by atoms with Gasteiger partial charge >= 0.3 is 0 Å². The van der Waals surface area contributed by atoms with Crippen LogP contribution in [0, 0.1) is 0 Å². The van der Waals surface area contributed by atoms with Crippen molar-refractivity contribution in [3.8, 4) is 0 Å². The Morgan fingerprint density at radius 1 is 0.650 bits per heavy atom. The number of anilines is 1. The van der Waals surface area contributed by atoms with E-state index >= 15 is 0 Å². The number of hydrogen-bond acceptors (Lipinski definition) is 1. The molecule has 0 saturated carbocycles. The smallest absolute Gasteiger partial charge is 0.106 e. The van der Waals surface area contributed by atoms with Gasteiger partial charge in [0.2, 0.25) is 0 Å². The van der Waals surface area contributed by atoms with Gasteiger partial charge in [-0.15, -0.1) is 0 Å². The van der Waals surface area contributed by atoms with E-state index in [2.05, 4.69) is 76.6 Å². The van der Waals surface area contributed by atoms with Crippen LogP contribution in [0.3, 0.4) is 0 Å². The Kier molecular flexibility index (Phi) is 3.83. The third-order valence-electron chi connectivity index (χ3n) is 3.35. The number of aromatic amines is 1. The molecular formula is C18H18N2. The predicted molar refractivity (Wildman–Crippen MR) is 83.6 cm³/mol. The van der Waals surface area contributed by atoms with Crippen molar-refractivity contribution in [1.82, 2.24) is 4.98 Å². The molecule has 20 heavy (non-hydrogen) atoms. The zero-order chi connectivity index (χ0) is 13.6. The summed E-state index contributed by atoms with van der Waals surface area (Å²) in [6.45, 7) is 1.80. The molecular weight excluding hydrogens is 244 g/mol. The molecule has 0 unspecified atom stereocenters. The van der Waals surface area contributed by atoms with E-state index in [1.165, 1.54) is 11.1 Å². The van der Waals surface area contributed by atoms with Crippen LogP contribution in [0.5, 0.6) is 0 Å². The summed E-state index contributed by atoms with van der Waals surface area (Å²) in [5.41, 5.74) is 2.64. The minimum Gasteiger partial charge on any atom is -0.350 e. The second-order valence-electron chi connectivity index (χ2n) is 4.88. The molecule has 0 amide bonds. The first-order valence-corrected chi connectivity index (χ1v) is 6.88. The topological polar surface area (TPSA) is 19.0 Å². The van der Waals surface area contributed by atoms with Gasteiger partial charge in [-0.05, 0) is 23.3 Å². The Balaban J connectivity index is 1.81. The fourth-order valence-electron chi connectivity index (χ4n) is 2.35. The zero-order valence-electron chi connectivity index (χ0n) is 11.4. The van der Waals surface area contributed by atoms with Crippen molar-refractivity contribution >= 4 is 5.82 Å². The molecule has 0 bridgehead atoms. The molecule has 3 rings (SSSR count). The molecule has 100 valence electrons. The van der Waals surface area contributed by atoms with Gasteiger partial charge in [0, 0.05) is 19.3 Å². The third kappa shape index (κ3) is 3.09. The first-order chi connectivity index (χ1) is 9.92. The SMILES string of the molecule is c1ccc(CN(Cc2ccccc2)c2ccc[nH]2)cc1. The summed E-state index contributed by atoms with van der Waals surface area (Å²) in [4.78, 5) is 5.66. The Morgan fingerprint density at radius 3 is 1.65 bits per heavy atom. The molecule has 0 aliphatic carbocycles. The molecule has 2 nitrogen and oxygen atoms in total. The molecule has 1 N–H and O–H groups in total. The molecule has 1 aromatic heterocycles. The predicted octanol–water partition coefficient (Wildman–Crippen LogP) is 4.22. The molecule has 0 radical (unpaired) electrons. The normalized spacial score (nSPS) is 10.4. The molecule has 1 heterocycles. The van der Waals surface area contributed by atoms with Crippen molar-refractivity contribution in [2.45, 2.75) is 13.1 Å². The Labute approximate surface area is 119 Å². The minimum atomic E-state index is 0.899. The van der Waals surface area contributed by atoms with Gasteiger partial charge in [0.15, 0.2) is 0 Å². The lowest BCUT2D eigenvalue weighted by atomic mass is 10.1. The van der Waals surface area contributed by atoms with E-state index in [1.807, 2.05) is 12.3 Å². The summed E-state index contributed by atoms with van der Waals surface area (Å²) >= 11 is 0. The number of aromatic nitrogens is 1. The van der Waals surface area contributed by atoms with E-state index in [1.54, 1.807) is 0 Å². The van der Waals surface area contributed by atoms with Crippen LogP contribution in [0.1, 0.15) is 11.1 Å². The summed E-state index contributed by atoms with van der Waals surface area (Å²) in [5.74, 6) is 1.15. The fraction of sp³-hybridized carbons (Fsp3) is 0.111. The molecule has 0 atom stereocenters. The number of nitrogens with one attached hydrogen (secondary N) is 1. The summed E-state index contributed by atoms with van der Waals surface area (Å²) < 4.78 is 0. The quantitative estimate of drug-likeness (QED) is 0.729. The minimum absolute atomic E-state index is 0.899. The van der Waals surface area contributed by atoms with E-state index in [-0.39, 0.29) is 0 Å². The number of nitrogens with zero attached hydrogens (tertiary/aromatic N) is 1. The Hall–Kier alpha value is -2.48. The molecule has 0 aliphatic heterocycles. The lowest BCUT2D eigenvalue weighted by Gasteiger charge is -2.23. The van der Waals surface area contributed by atoms with Gasteiger partial charge in [-0.3, -0.25) is 0 Å². The van der Waals surface area contributed by atoms with E-state index in [0.29, 0.717) is 0 Å². The highest BCUT2D eigenvalue weighted by atomic mass is 15.2. The van der Waals surface area contributed by atoms with E-state index in [9.17, 15) is 0 Å². The van der Waals surface area contributed by atoms with Crippen molar-refractivity contribution < 1.29 is 0 Å². The van der Waals surface area contributed by atoms with Gasteiger partial charge in [-0.25, -0.2) is 0 Å². The molecule has 3 aromatic rings. The second-order valence-corrected chi connectivity index (χ2v) is 4.88. The molecule has 0 saturated heterocycles. The van der Waals surface area contributed by atoms with Crippen LogP contribution in [0.15, 0.2) is 79.0 Å². The maximum absolute atomic E-state index is 3.30. The number of hydrogen-bond donors (Lipinski definition) is 1. The molecule has 2 aromatic carbocycles. The Morgan fingerprint density at radius 2 is 1.20 bits per heavy atom. The van der Waals surface area contributed by atoms with E-state index < -0.39 is 0 Å². The van der Waals surface area contributed by atoms with Gasteiger partial charge in [0.25, 0.3) is 0 Å². The highest BCUT2D eigenvalue weighted by Crippen LogP contribution is 2.18. The van der Waals surface area contributed by atoms with Crippen molar-refractivity contribution in [2.75, 3.05) is 4.90 Å². The van der Waals surface area contributed by atoms with Gasteiger partial charge in [-0.1, -0.05) is 60.7 Å². The van der Waals surface area contributed by atoms with Crippen LogP contribution >= 0.6 is 0 Å². The van der Waals surface area contributed by atoms with Crippen molar-refractivity contribution in [3.63, 3.8) is 0 Å². The summed E-state index contributed by atoms with van der Waals surface area (Å²) in [7, 11) is 0. The van der Waals surface area contributed by atoms with Crippen LogP contribution in [-0.2, 0) is 13.1 Å². The van der Waals surface area contributed by atoms with Gasteiger partial charge in [0.05, 0.1) is 0 Å². The fourth-order valence-corrected chi connectivity index (χ4v) is 2.35. The van der Waals surface area contributed by atoms with Gasteiger partial charge < -0.3 is 9.88 Å². The van der Waals surface area contributed by atoms with Crippen molar-refractivity contribution in [2.24, 2.45) is 0 Å². The first kappa shape index (κ1) is 12.5. The average molecular weight is 262 g/mol. The van der Waals surface area contributed by atoms with Crippen LogP contribution in [-0.4, -0.2) is 4.98 Å². The zero-order valence-corrected chi connectivity index (χ0v) is 11.4. The van der Waals surface area contributed by atoms with Crippen LogP contribution < -0.4 is 4.90 Å². The molecule has 2 heteroatoms. The van der Waals surface area contributed by atoms with Crippen LogP contribution in [0.25, 0.3) is 0 Å².